The molecular weight excluding hydrogens is 640 g/mol. The van der Waals surface area contributed by atoms with Crippen LogP contribution in [-0.2, 0) is 34.4 Å². The van der Waals surface area contributed by atoms with E-state index in [1.54, 1.807) is 37.4 Å². The molecule has 0 unspecified atom stereocenters. The van der Waals surface area contributed by atoms with Crippen LogP contribution in [0.2, 0.25) is 0 Å². The Morgan fingerprint density at radius 1 is 0.980 bits per heavy atom. The second-order valence-corrected chi connectivity index (χ2v) is 12.0. The van der Waals surface area contributed by atoms with Crippen molar-refractivity contribution in [1.29, 1.82) is 0 Å². The van der Waals surface area contributed by atoms with Crippen LogP contribution in [0.25, 0.3) is 22.3 Å². The number of carbonyl (C=O) groups is 4. The van der Waals surface area contributed by atoms with E-state index in [9.17, 15) is 24.3 Å². The summed E-state index contributed by atoms with van der Waals surface area (Å²) < 4.78 is 9.06. The Labute approximate surface area is 287 Å². The monoisotopic (exact) mass is 678 g/mol. The number of hydrogen-bond acceptors (Lipinski definition) is 8. The molecule has 2 aliphatic rings. The number of aliphatic hydroxyl groups is 1. The minimum Gasteiger partial charge on any atom is -0.492 e. The highest BCUT2D eigenvalue weighted by atomic mass is 16.5. The van der Waals surface area contributed by atoms with Crippen molar-refractivity contribution in [2.75, 3.05) is 19.8 Å². The molecule has 14 nitrogen and oxygen atoms in total. The van der Waals surface area contributed by atoms with Crippen molar-refractivity contribution in [2.24, 2.45) is 7.05 Å². The third kappa shape index (κ3) is 7.65. The summed E-state index contributed by atoms with van der Waals surface area (Å²) in [7, 11) is 1.83. The number of amides is 4. The summed E-state index contributed by atoms with van der Waals surface area (Å²) in [6.45, 7) is 1.19. The Morgan fingerprint density at radius 3 is 2.48 bits per heavy atom. The summed E-state index contributed by atoms with van der Waals surface area (Å²) in [5, 5.41) is 26.6. The first-order valence-corrected chi connectivity index (χ1v) is 16.2. The van der Waals surface area contributed by atoms with Gasteiger partial charge in [0.05, 0.1) is 24.8 Å². The molecule has 0 radical (unpaired) electrons. The SMILES string of the molecule is C[C@@H]1NC(=O)[C@H](CO)NC(=O)[C@@H](NC(=O)c2cn(C)c3ccccc23)Cc2ccc(cc2)OCCNC(=O)Cn2nc(-c3ccccc3)nc21. The Hall–Kier alpha value is -6.02. The third-order valence-electron chi connectivity index (χ3n) is 8.41. The lowest BCUT2D eigenvalue weighted by Gasteiger charge is -2.23. The summed E-state index contributed by atoms with van der Waals surface area (Å²) in [5.41, 5.74) is 2.67. The molecule has 0 saturated carbocycles. The van der Waals surface area contributed by atoms with E-state index in [1.807, 2.05) is 66.2 Å². The fraction of sp³-hybridized carbons (Fsp3) is 0.278. The van der Waals surface area contributed by atoms with Gasteiger partial charge < -0.3 is 35.7 Å². The van der Waals surface area contributed by atoms with Gasteiger partial charge in [0.25, 0.3) is 5.91 Å². The Bertz CT molecular complexity index is 2010. The molecule has 2 aromatic heterocycles. The minimum absolute atomic E-state index is 0.0835. The van der Waals surface area contributed by atoms with Gasteiger partial charge in [-0.05, 0) is 30.7 Å². The number of rotatable bonds is 4. The molecule has 0 spiro atoms. The zero-order chi connectivity index (χ0) is 35.2. The fourth-order valence-electron chi connectivity index (χ4n) is 5.82. The smallest absolute Gasteiger partial charge is 0.254 e. The zero-order valence-corrected chi connectivity index (χ0v) is 27.6. The fourth-order valence-corrected chi connectivity index (χ4v) is 5.82. The molecule has 14 heteroatoms. The summed E-state index contributed by atoms with van der Waals surface area (Å²) in [6.07, 6.45) is 1.78. The summed E-state index contributed by atoms with van der Waals surface area (Å²) >= 11 is 0. The normalized spacial score (nSPS) is 19.1. The lowest BCUT2D eigenvalue weighted by Crippen LogP contribution is -2.55. The molecule has 4 heterocycles. The van der Waals surface area contributed by atoms with Gasteiger partial charge in [-0.3, -0.25) is 19.2 Å². The first kappa shape index (κ1) is 33.9. The Kier molecular flexibility index (Phi) is 10.2. The van der Waals surface area contributed by atoms with Gasteiger partial charge >= 0.3 is 0 Å². The van der Waals surface area contributed by atoms with Crippen LogP contribution in [0.1, 0.15) is 34.7 Å². The maximum Gasteiger partial charge on any atom is 0.254 e. The van der Waals surface area contributed by atoms with Gasteiger partial charge in [0.2, 0.25) is 17.7 Å². The van der Waals surface area contributed by atoms with Crippen molar-refractivity contribution < 1.29 is 29.0 Å². The molecular formula is C36H38N8O6. The summed E-state index contributed by atoms with van der Waals surface area (Å²) in [6, 6.07) is 20.4. The molecule has 0 saturated heterocycles. The van der Waals surface area contributed by atoms with E-state index in [2.05, 4.69) is 31.3 Å². The molecule has 5 N–H and O–H groups in total. The predicted molar refractivity (Wildman–Crippen MR) is 184 cm³/mol. The average Bonchev–Trinajstić information content (AvgIpc) is 3.70. The van der Waals surface area contributed by atoms with Crippen molar-refractivity contribution in [3.63, 3.8) is 0 Å². The Morgan fingerprint density at radius 2 is 1.72 bits per heavy atom. The zero-order valence-electron chi connectivity index (χ0n) is 27.6. The number of carbonyl (C=O) groups excluding carboxylic acids is 4. The van der Waals surface area contributed by atoms with Gasteiger partial charge in [-0.1, -0.05) is 60.7 Å². The quantitative estimate of drug-likeness (QED) is 0.190. The van der Waals surface area contributed by atoms with Gasteiger partial charge in [0.15, 0.2) is 5.82 Å². The first-order chi connectivity index (χ1) is 24.2. The third-order valence-corrected chi connectivity index (χ3v) is 8.41. The highest BCUT2D eigenvalue weighted by Crippen LogP contribution is 2.22. The lowest BCUT2D eigenvalue weighted by atomic mass is 10.0. The molecule has 4 amide bonds. The van der Waals surface area contributed by atoms with Crippen LogP contribution < -0.4 is 26.0 Å². The second-order valence-electron chi connectivity index (χ2n) is 12.0. The van der Waals surface area contributed by atoms with Gasteiger partial charge in [-0.15, -0.1) is 0 Å². The molecule has 0 fully saturated rings. The van der Waals surface area contributed by atoms with Crippen LogP contribution >= 0.6 is 0 Å². The summed E-state index contributed by atoms with van der Waals surface area (Å²) in [4.78, 5) is 58.5. The molecule has 258 valence electrons. The number of ether oxygens (including phenoxy) is 1. The number of nitrogens with zero attached hydrogens (tertiary/aromatic N) is 4. The first-order valence-electron chi connectivity index (χ1n) is 16.2. The van der Waals surface area contributed by atoms with Crippen molar-refractivity contribution in [3.8, 4) is 17.1 Å². The van der Waals surface area contributed by atoms with E-state index < -0.39 is 42.5 Å². The molecule has 2 aliphatic heterocycles. The maximum atomic E-state index is 13.8. The van der Waals surface area contributed by atoms with Crippen molar-refractivity contribution in [2.45, 2.75) is 38.0 Å². The average molecular weight is 679 g/mol. The Balaban J connectivity index is 1.29. The molecule has 3 aromatic carbocycles. The highest BCUT2D eigenvalue weighted by Gasteiger charge is 2.30. The van der Waals surface area contributed by atoms with Gasteiger partial charge in [0.1, 0.15) is 36.8 Å². The van der Waals surface area contributed by atoms with Crippen molar-refractivity contribution in [3.05, 3.63) is 102 Å². The molecule has 2 bridgehead atoms. The molecule has 3 atom stereocenters. The van der Waals surface area contributed by atoms with Gasteiger partial charge in [-0.25, -0.2) is 9.67 Å². The number of aryl methyl sites for hydroxylation is 1. The van der Waals surface area contributed by atoms with E-state index in [1.165, 1.54) is 4.68 Å². The molecule has 50 heavy (non-hydrogen) atoms. The minimum atomic E-state index is -1.36. The largest absolute Gasteiger partial charge is 0.492 e. The number of aromatic nitrogens is 4. The van der Waals surface area contributed by atoms with E-state index in [4.69, 9.17) is 4.74 Å². The second kappa shape index (κ2) is 15.0. The highest BCUT2D eigenvalue weighted by molar-refractivity contribution is 6.08. The number of fused-ring (bicyclic) bond motifs is 15. The van der Waals surface area contributed by atoms with Crippen LogP contribution in [0.15, 0.2) is 85.1 Å². The van der Waals surface area contributed by atoms with Crippen molar-refractivity contribution >= 4 is 34.5 Å². The number of aliphatic hydroxyl groups excluding tert-OH is 1. The van der Waals surface area contributed by atoms with E-state index in [0.29, 0.717) is 34.1 Å². The van der Waals surface area contributed by atoms with Gasteiger partial charge in [0, 0.05) is 36.1 Å². The number of benzene rings is 3. The van der Waals surface area contributed by atoms with Crippen molar-refractivity contribution in [1.82, 2.24) is 40.6 Å². The molecule has 0 aliphatic carbocycles. The predicted octanol–water partition coefficient (Wildman–Crippen LogP) is 1.64. The van der Waals surface area contributed by atoms with E-state index >= 15 is 0 Å². The van der Waals surface area contributed by atoms with E-state index in [0.717, 1.165) is 10.9 Å². The van der Waals surface area contributed by atoms with Crippen LogP contribution in [0.5, 0.6) is 5.75 Å². The molecule has 5 aromatic rings. The number of hydrogen-bond donors (Lipinski definition) is 5. The molecule has 7 rings (SSSR count). The topological polar surface area (TPSA) is 182 Å². The van der Waals surface area contributed by atoms with Crippen LogP contribution in [0.4, 0.5) is 0 Å². The maximum absolute atomic E-state index is 13.8. The standard InChI is InChI=1S/C36H38N8O6/c1-22-33-41-32(24-8-4-3-5-9-24)42-44(33)20-31(46)37-16-17-50-25-14-12-23(13-15-25)18-28(35(48)40-29(21-45)36(49)38-22)39-34(47)27-19-43(2)30-11-7-6-10-26(27)30/h3-15,19,22,28-29,45H,16-18,20-21H2,1-2H3,(H,37,46)(H,38,49)(H,39,47)(H,40,48)/t22-,28-,29-/m0/s1. The van der Waals surface area contributed by atoms with Crippen LogP contribution in [0, 0.1) is 0 Å². The van der Waals surface area contributed by atoms with Crippen LogP contribution in [-0.4, -0.2) is 79.9 Å². The summed E-state index contributed by atoms with van der Waals surface area (Å²) in [5.74, 6) is -0.956. The van der Waals surface area contributed by atoms with E-state index in [-0.39, 0.29) is 32.0 Å². The van der Waals surface area contributed by atoms with Gasteiger partial charge in [-0.2, -0.15) is 5.10 Å². The number of nitrogens with one attached hydrogen (secondary N) is 4. The lowest BCUT2D eigenvalue weighted by molar-refractivity contribution is -0.131. The van der Waals surface area contributed by atoms with Crippen LogP contribution in [0.3, 0.4) is 0 Å². The number of para-hydroxylation sites is 1.